The van der Waals surface area contributed by atoms with Gasteiger partial charge in [0.2, 0.25) is 0 Å². The zero-order chi connectivity index (χ0) is 18.1. The van der Waals surface area contributed by atoms with Crippen LogP contribution in [0.3, 0.4) is 0 Å². The number of rotatable bonds is 7. The number of aromatic nitrogens is 2. The first-order chi connectivity index (χ1) is 11.1. The Morgan fingerprint density at radius 2 is 1.92 bits per heavy atom. The van der Waals surface area contributed by atoms with Crippen LogP contribution >= 0.6 is 11.6 Å². The van der Waals surface area contributed by atoms with E-state index in [2.05, 4.69) is 16.9 Å². The second-order valence-electron chi connectivity index (χ2n) is 7.32. The monoisotopic (exact) mass is 356 g/mol. The minimum Gasteiger partial charge on any atom is -0.481 e. The van der Waals surface area contributed by atoms with E-state index in [-0.39, 0.29) is 6.42 Å². The highest BCUT2D eigenvalue weighted by Crippen LogP contribution is 2.42. The summed E-state index contributed by atoms with van der Waals surface area (Å²) in [4.78, 5) is 18.9. The molecule has 1 saturated heterocycles. The molecule has 1 fully saturated rings. The largest absolute Gasteiger partial charge is 0.481 e. The summed E-state index contributed by atoms with van der Waals surface area (Å²) in [5.74, 6) is -0.710. The predicted molar refractivity (Wildman–Crippen MR) is 93.3 cm³/mol. The lowest BCUT2D eigenvalue weighted by Crippen LogP contribution is -2.41. The highest BCUT2D eigenvalue weighted by molar-refractivity contribution is 6.48. The molecule has 1 atom stereocenters. The first-order valence-electron chi connectivity index (χ1n) is 8.39. The van der Waals surface area contributed by atoms with E-state index in [4.69, 9.17) is 20.9 Å². The molecule has 0 aliphatic carbocycles. The number of carboxylic acid groups (broad SMARTS) is 1. The molecule has 0 aromatic carbocycles. The second-order valence-corrected chi connectivity index (χ2v) is 7.68. The molecule has 24 heavy (non-hydrogen) atoms. The number of hydrogen-bond acceptors (Lipinski definition) is 4. The summed E-state index contributed by atoms with van der Waals surface area (Å²) in [7, 11) is -0.692. The number of aromatic amines is 1. The smallest absolute Gasteiger partial charge is 0.468 e. The van der Waals surface area contributed by atoms with Gasteiger partial charge in [-0.05, 0) is 34.1 Å². The van der Waals surface area contributed by atoms with Crippen LogP contribution in [0.2, 0.25) is 5.15 Å². The Morgan fingerprint density at radius 1 is 1.33 bits per heavy atom. The molecular weight excluding hydrogens is 330 g/mol. The molecule has 0 radical (unpaired) electrons. The van der Waals surface area contributed by atoms with Crippen molar-refractivity contribution in [3.05, 3.63) is 16.7 Å². The second kappa shape index (κ2) is 7.06. The zero-order valence-corrected chi connectivity index (χ0v) is 15.7. The van der Waals surface area contributed by atoms with E-state index in [1.54, 1.807) is 0 Å². The molecule has 1 aromatic rings. The lowest BCUT2D eigenvalue weighted by Gasteiger charge is -2.32. The molecule has 134 valence electrons. The van der Waals surface area contributed by atoms with Crippen molar-refractivity contribution in [3.8, 4) is 0 Å². The van der Waals surface area contributed by atoms with Crippen molar-refractivity contribution in [2.45, 2.75) is 77.3 Å². The molecule has 6 nitrogen and oxygen atoms in total. The SMILES string of the molecule is CCCCc1nc(Cl)c(C(CC(=O)O)B2OC(C)(C)C(C)(C)O2)[nH]1. The molecular formula is C16H26BClN2O4. The summed E-state index contributed by atoms with van der Waals surface area (Å²) in [6.07, 6.45) is 2.66. The van der Waals surface area contributed by atoms with Crippen LogP contribution in [0.5, 0.6) is 0 Å². The van der Waals surface area contributed by atoms with Crippen molar-refractivity contribution < 1.29 is 19.2 Å². The van der Waals surface area contributed by atoms with Gasteiger partial charge in [-0.3, -0.25) is 4.79 Å². The molecule has 1 unspecified atom stereocenters. The average Bonchev–Trinajstić information content (AvgIpc) is 2.91. The number of hydrogen-bond donors (Lipinski definition) is 2. The zero-order valence-electron chi connectivity index (χ0n) is 15.0. The fraction of sp³-hybridized carbons (Fsp3) is 0.750. The number of aliphatic carboxylic acids is 1. The van der Waals surface area contributed by atoms with E-state index in [1.165, 1.54) is 0 Å². The Kier molecular flexibility index (Phi) is 5.67. The summed E-state index contributed by atoms with van der Waals surface area (Å²) >= 11 is 6.28. The summed E-state index contributed by atoms with van der Waals surface area (Å²) < 4.78 is 12.1. The van der Waals surface area contributed by atoms with Gasteiger partial charge in [-0.25, -0.2) is 4.98 Å². The number of carboxylic acids is 1. The molecule has 1 aromatic heterocycles. The van der Waals surface area contributed by atoms with Crippen LogP contribution in [0.1, 0.15) is 71.2 Å². The third-order valence-electron chi connectivity index (χ3n) is 4.87. The predicted octanol–water partition coefficient (Wildman–Crippen LogP) is 3.60. The van der Waals surface area contributed by atoms with Gasteiger partial charge in [0.05, 0.1) is 23.3 Å². The van der Waals surface area contributed by atoms with Crippen LogP contribution in [0.25, 0.3) is 0 Å². The molecule has 2 N–H and O–H groups in total. The van der Waals surface area contributed by atoms with Crippen LogP contribution in [-0.2, 0) is 20.5 Å². The topological polar surface area (TPSA) is 84.4 Å². The van der Waals surface area contributed by atoms with E-state index in [1.807, 2.05) is 27.7 Å². The fourth-order valence-corrected chi connectivity index (χ4v) is 2.99. The third kappa shape index (κ3) is 3.95. The molecule has 0 saturated carbocycles. The Morgan fingerprint density at radius 3 is 2.42 bits per heavy atom. The Hall–Kier alpha value is -1.05. The summed E-state index contributed by atoms with van der Waals surface area (Å²) in [6, 6.07) is 0. The first kappa shape index (κ1) is 19.3. The maximum Gasteiger partial charge on any atom is 0.468 e. The van der Waals surface area contributed by atoms with E-state index < -0.39 is 30.1 Å². The first-order valence-corrected chi connectivity index (χ1v) is 8.77. The van der Waals surface area contributed by atoms with Crippen LogP contribution in [0.4, 0.5) is 0 Å². The van der Waals surface area contributed by atoms with Crippen molar-refractivity contribution in [2.75, 3.05) is 0 Å². The van der Waals surface area contributed by atoms with E-state index in [0.29, 0.717) is 10.8 Å². The molecule has 8 heteroatoms. The number of nitrogens with one attached hydrogen (secondary N) is 1. The van der Waals surface area contributed by atoms with Gasteiger partial charge in [-0.2, -0.15) is 0 Å². The van der Waals surface area contributed by atoms with Crippen LogP contribution in [0, 0.1) is 0 Å². The van der Waals surface area contributed by atoms with Crippen molar-refractivity contribution in [2.24, 2.45) is 0 Å². The van der Waals surface area contributed by atoms with Gasteiger partial charge in [0.25, 0.3) is 0 Å². The van der Waals surface area contributed by atoms with E-state index >= 15 is 0 Å². The van der Waals surface area contributed by atoms with Gasteiger partial charge in [0, 0.05) is 12.2 Å². The average molecular weight is 357 g/mol. The molecule has 2 rings (SSSR count). The lowest BCUT2D eigenvalue weighted by molar-refractivity contribution is -0.137. The molecule has 1 aliphatic heterocycles. The number of unbranched alkanes of at least 4 members (excludes halogenated alkanes) is 1. The summed E-state index contributed by atoms with van der Waals surface area (Å²) in [6.45, 7) is 9.85. The number of nitrogens with zero attached hydrogens (tertiary/aromatic N) is 1. The fourth-order valence-electron chi connectivity index (χ4n) is 2.70. The lowest BCUT2D eigenvalue weighted by atomic mass is 9.68. The number of aryl methyl sites for hydroxylation is 1. The van der Waals surface area contributed by atoms with Crippen LogP contribution in [-0.4, -0.2) is 39.4 Å². The van der Waals surface area contributed by atoms with Crippen LogP contribution < -0.4 is 0 Å². The van der Waals surface area contributed by atoms with Crippen molar-refractivity contribution >= 4 is 24.7 Å². The number of H-pyrrole nitrogens is 1. The van der Waals surface area contributed by atoms with Gasteiger partial charge in [-0.1, -0.05) is 24.9 Å². The van der Waals surface area contributed by atoms with Gasteiger partial charge in [0.1, 0.15) is 11.0 Å². The van der Waals surface area contributed by atoms with E-state index in [9.17, 15) is 9.90 Å². The van der Waals surface area contributed by atoms with Gasteiger partial charge in [-0.15, -0.1) is 0 Å². The molecule has 0 amide bonds. The number of carbonyl (C=O) groups is 1. The molecule has 0 spiro atoms. The standard InChI is InChI=1S/C16H26BClN2O4/c1-6-7-8-11-19-13(14(18)20-11)10(9-12(21)22)17-23-15(2,3)16(4,5)24-17/h10H,6-9H2,1-5H3,(H,19,20)(H,21,22). The summed E-state index contributed by atoms with van der Waals surface area (Å²) in [5, 5.41) is 9.61. The maximum atomic E-state index is 11.4. The minimum absolute atomic E-state index is 0.147. The minimum atomic E-state index is -0.935. The molecule has 1 aliphatic rings. The molecule has 0 bridgehead atoms. The Balaban J connectivity index is 2.30. The highest BCUT2D eigenvalue weighted by Gasteiger charge is 2.55. The maximum absolute atomic E-state index is 11.4. The van der Waals surface area contributed by atoms with Crippen molar-refractivity contribution in [1.29, 1.82) is 0 Å². The Labute approximate surface area is 148 Å². The van der Waals surface area contributed by atoms with E-state index in [0.717, 1.165) is 25.1 Å². The number of halogens is 1. The van der Waals surface area contributed by atoms with Crippen molar-refractivity contribution in [3.63, 3.8) is 0 Å². The number of imidazole rings is 1. The quantitative estimate of drug-likeness (QED) is 0.729. The highest BCUT2D eigenvalue weighted by atomic mass is 35.5. The summed E-state index contributed by atoms with van der Waals surface area (Å²) in [5.41, 5.74) is -0.499. The van der Waals surface area contributed by atoms with Crippen molar-refractivity contribution in [1.82, 2.24) is 9.97 Å². The third-order valence-corrected chi connectivity index (χ3v) is 5.15. The Bertz CT molecular complexity index is 587. The normalized spacial score (nSPS) is 20.3. The van der Waals surface area contributed by atoms with Crippen LogP contribution in [0.15, 0.2) is 0 Å². The molecule has 2 heterocycles. The van der Waals surface area contributed by atoms with Gasteiger partial charge >= 0.3 is 13.1 Å². The van der Waals surface area contributed by atoms with Gasteiger partial charge < -0.3 is 19.4 Å². The van der Waals surface area contributed by atoms with Gasteiger partial charge in [0.15, 0.2) is 0 Å².